The topological polar surface area (TPSA) is 41.5 Å². The van der Waals surface area contributed by atoms with Crippen molar-refractivity contribution in [2.24, 2.45) is 0 Å². The van der Waals surface area contributed by atoms with Crippen LogP contribution in [-0.2, 0) is 16.3 Å². The van der Waals surface area contributed by atoms with Crippen molar-refractivity contribution in [3.05, 3.63) is 0 Å². The van der Waals surface area contributed by atoms with E-state index in [0.717, 1.165) is 0 Å². The first-order valence-electron chi connectivity index (χ1n) is 3.23. The second-order valence-corrected chi connectivity index (χ2v) is 5.26. The Labute approximate surface area is 79.2 Å². The van der Waals surface area contributed by atoms with Crippen molar-refractivity contribution in [3.8, 4) is 0 Å². The smallest absolute Gasteiger partial charge is 0.258 e. The number of rotatable bonds is 4. The monoisotopic (exact) mass is 219 g/mol. The van der Waals surface area contributed by atoms with Crippen molar-refractivity contribution in [3.63, 3.8) is 0 Å². The molecule has 6 heteroatoms. The minimum Gasteiger partial charge on any atom is -0.334 e. The average Bonchev–Trinajstić information content (AvgIpc) is 1.59. The fourth-order valence-corrected chi connectivity index (χ4v) is 2.56. The minimum atomic E-state index is -2.67. The fourth-order valence-electron chi connectivity index (χ4n) is 0.539. The van der Waals surface area contributed by atoms with Gasteiger partial charge in [0.25, 0.3) is 6.64 Å². The third-order valence-electron chi connectivity index (χ3n) is 0.725. The maximum atomic E-state index is 9.28. The van der Waals surface area contributed by atoms with Crippen molar-refractivity contribution < 1.29 is 9.42 Å². The minimum absolute atomic E-state index is 0. The van der Waals surface area contributed by atoms with Crippen LogP contribution in [0.3, 0.4) is 0 Å². The van der Waals surface area contributed by atoms with Crippen molar-refractivity contribution >= 4 is 30.9 Å². The van der Waals surface area contributed by atoms with Crippen molar-refractivity contribution in [2.45, 2.75) is 26.8 Å². The van der Waals surface area contributed by atoms with Crippen LogP contribution < -0.4 is 5.09 Å². The molecule has 0 fully saturated rings. The quantitative estimate of drug-likeness (QED) is 0.706. The lowest BCUT2D eigenvalue weighted by Gasteiger charge is -2.17. The first kappa shape index (κ1) is 14.3. The molecule has 0 spiro atoms. The predicted molar refractivity (Wildman–Crippen MR) is 53.6 cm³/mol. The van der Waals surface area contributed by atoms with Gasteiger partial charge in [0.05, 0.1) is 6.61 Å². The molecule has 0 saturated carbocycles. The summed E-state index contributed by atoms with van der Waals surface area (Å²) in [5.41, 5.74) is 0. The van der Waals surface area contributed by atoms with E-state index in [1.165, 1.54) is 0 Å². The number of halogens is 1. The summed E-state index contributed by atoms with van der Waals surface area (Å²) >= 11 is 4.75. The Bertz CT molecular complexity index is 144. The van der Waals surface area contributed by atoms with E-state index in [-0.39, 0.29) is 18.4 Å². The molecule has 0 amide bonds. The molecule has 70 valence electrons. The highest BCUT2D eigenvalue weighted by atomic mass is 35.5. The molecule has 11 heavy (non-hydrogen) atoms. The fraction of sp³-hybridized carbons (Fsp3) is 1.00. The Morgan fingerprint density at radius 1 is 1.64 bits per heavy atom. The molecule has 0 aliphatic rings. The number of hydrogen-bond donors (Lipinski definition) is 2. The maximum absolute atomic E-state index is 9.28. The van der Waals surface area contributed by atoms with E-state index in [2.05, 4.69) is 5.09 Å². The molecule has 0 heterocycles. The summed E-state index contributed by atoms with van der Waals surface area (Å²) in [6.45, 7) is 3.42. The summed E-state index contributed by atoms with van der Waals surface area (Å²) in [5, 5.41) is 2.78. The van der Waals surface area contributed by atoms with Gasteiger partial charge in [-0.25, -0.2) is 5.09 Å². The van der Waals surface area contributed by atoms with Crippen LogP contribution in [0, 0.1) is 0 Å². The lowest BCUT2D eigenvalue weighted by molar-refractivity contribution is 0.315. The molecular weight excluding hydrogens is 205 g/mol. The maximum Gasteiger partial charge on any atom is 0.258 e. The second-order valence-electron chi connectivity index (χ2n) is 2.22. The first-order chi connectivity index (χ1) is 4.48. The van der Waals surface area contributed by atoms with Crippen LogP contribution in [0.1, 0.15) is 20.8 Å². The third kappa shape index (κ3) is 8.73. The highest BCUT2D eigenvalue weighted by molar-refractivity contribution is 8.08. The molecule has 0 radical (unpaired) electrons. The highest BCUT2D eigenvalue weighted by Crippen LogP contribution is 2.37. The van der Waals surface area contributed by atoms with Crippen LogP contribution in [0.5, 0.6) is 0 Å². The highest BCUT2D eigenvalue weighted by Gasteiger charge is 2.12. The van der Waals surface area contributed by atoms with Gasteiger partial charge in [-0.1, -0.05) is 0 Å². The lowest BCUT2D eigenvalue weighted by atomic mass is 10.4. The van der Waals surface area contributed by atoms with Crippen LogP contribution in [0.2, 0.25) is 0 Å². The summed E-state index contributed by atoms with van der Waals surface area (Å²) in [6.07, 6.45) is 0. The molecule has 3 nitrogen and oxygen atoms in total. The lowest BCUT2D eigenvalue weighted by Crippen LogP contribution is -2.20. The van der Waals surface area contributed by atoms with Crippen LogP contribution in [0.25, 0.3) is 0 Å². The van der Waals surface area contributed by atoms with E-state index >= 15 is 0 Å². The molecule has 0 aromatic carbocycles. The molecule has 0 aliphatic carbocycles. The molecular formula is C5H15ClNO2PS. The van der Waals surface area contributed by atoms with Crippen molar-refractivity contribution in [1.29, 1.82) is 0 Å². The largest absolute Gasteiger partial charge is 0.334 e. The van der Waals surface area contributed by atoms with E-state index < -0.39 is 6.64 Å². The van der Waals surface area contributed by atoms with Gasteiger partial charge < -0.3 is 9.42 Å². The zero-order valence-corrected chi connectivity index (χ0v) is 9.43. The third-order valence-corrected chi connectivity index (χ3v) is 2.81. The molecule has 0 saturated heterocycles. The summed E-state index contributed by atoms with van der Waals surface area (Å²) < 4.78 is 4.91. The van der Waals surface area contributed by atoms with Gasteiger partial charge in [-0.3, -0.25) is 0 Å². The Morgan fingerprint density at radius 3 is 2.36 bits per heavy atom. The summed E-state index contributed by atoms with van der Waals surface area (Å²) in [5.74, 6) is 0. The first-order valence-corrected chi connectivity index (χ1v) is 5.90. The Balaban J connectivity index is 0. The molecule has 0 aliphatic heterocycles. The Hall–Kier alpha value is 0.820. The number of hydrogen-bond acceptors (Lipinski definition) is 2. The zero-order chi connectivity index (χ0) is 8.20. The SMILES string of the molecule is CCOP(O)(=S)NC(C)C.Cl. The van der Waals surface area contributed by atoms with Gasteiger partial charge in [-0.2, -0.15) is 0 Å². The summed E-state index contributed by atoms with van der Waals surface area (Å²) in [4.78, 5) is 9.28. The molecule has 2 N–H and O–H groups in total. The van der Waals surface area contributed by atoms with E-state index in [1.807, 2.05) is 13.8 Å². The Morgan fingerprint density at radius 2 is 2.09 bits per heavy atom. The van der Waals surface area contributed by atoms with Gasteiger partial charge in [0, 0.05) is 6.04 Å². The standard InChI is InChI=1S/C5H14NO2PS.ClH/c1-4-8-9(7,10)6-5(2)3;/h5H,4H2,1-3H3,(H2,6,7,10);1H. The second kappa shape index (κ2) is 6.35. The van der Waals surface area contributed by atoms with Crippen LogP contribution >= 0.6 is 19.0 Å². The van der Waals surface area contributed by atoms with Gasteiger partial charge in [-0.05, 0) is 32.6 Å². The average molecular weight is 220 g/mol. The van der Waals surface area contributed by atoms with Gasteiger partial charge in [-0.15, -0.1) is 12.4 Å². The molecule has 1 atom stereocenters. The van der Waals surface area contributed by atoms with E-state index in [1.54, 1.807) is 6.92 Å². The van der Waals surface area contributed by atoms with Crippen LogP contribution in [0.4, 0.5) is 0 Å². The normalized spacial score (nSPS) is 15.7. The molecule has 0 bridgehead atoms. The van der Waals surface area contributed by atoms with Gasteiger partial charge in [0.1, 0.15) is 0 Å². The van der Waals surface area contributed by atoms with Crippen LogP contribution in [0.15, 0.2) is 0 Å². The van der Waals surface area contributed by atoms with Gasteiger partial charge >= 0.3 is 0 Å². The molecule has 1 unspecified atom stereocenters. The van der Waals surface area contributed by atoms with E-state index in [9.17, 15) is 4.89 Å². The molecule has 0 aromatic rings. The van der Waals surface area contributed by atoms with E-state index in [0.29, 0.717) is 6.61 Å². The van der Waals surface area contributed by atoms with Gasteiger partial charge in [0.2, 0.25) is 0 Å². The van der Waals surface area contributed by atoms with Crippen molar-refractivity contribution in [2.75, 3.05) is 6.61 Å². The van der Waals surface area contributed by atoms with Crippen molar-refractivity contribution in [1.82, 2.24) is 5.09 Å². The number of nitrogens with one attached hydrogen (secondary N) is 1. The molecule has 0 aromatic heterocycles. The van der Waals surface area contributed by atoms with Crippen LogP contribution in [-0.4, -0.2) is 17.5 Å². The zero-order valence-electron chi connectivity index (χ0n) is 6.90. The molecule has 0 rings (SSSR count). The van der Waals surface area contributed by atoms with Gasteiger partial charge in [0.15, 0.2) is 0 Å². The van der Waals surface area contributed by atoms with E-state index in [4.69, 9.17) is 16.3 Å². The Kier molecular flexibility index (Phi) is 8.28. The summed E-state index contributed by atoms with van der Waals surface area (Å²) in [7, 11) is 0. The predicted octanol–water partition coefficient (Wildman–Crippen LogP) is 1.66. The summed E-state index contributed by atoms with van der Waals surface area (Å²) in [6, 6.07) is 0.169.